The van der Waals surface area contributed by atoms with Crippen LogP contribution in [0.25, 0.3) is 0 Å². The van der Waals surface area contributed by atoms with Gasteiger partial charge in [0.25, 0.3) is 0 Å². The molecule has 3 atom stereocenters. The molecule has 3 unspecified atom stereocenters. The molecule has 0 aliphatic carbocycles. The lowest BCUT2D eigenvalue weighted by Gasteiger charge is -2.36. The summed E-state index contributed by atoms with van der Waals surface area (Å²) in [5.41, 5.74) is -0.648. The van der Waals surface area contributed by atoms with Crippen molar-refractivity contribution in [3.8, 4) is 0 Å². The van der Waals surface area contributed by atoms with Crippen molar-refractivity contribution >= 4 is 5.97 Å². The van der Waals surface area contributed by atoms with Crippen molar-refractivity contribution in [1.82, 2.24) is 10.2 Å². The Morgan fingerprint density at radius 1 is 1.30 bits per heavy atom. The Balaban J connectivity index is 4.75. The van der Waals surface area contributed by atoms with E-state index in [0.29, 0.717) is 19.1 Å². The van der Waals surface area contributed by atoms with Gasteiger partial charge in [-0.3, -0.25) is 9.69 Å². The number of esters is 1. The van der Waals surface area contributed by atoms with Crippen LogP contribution in [0.2, 0.25) is 0 Å². The van der Waals surface area contributed by atoms with E-state index in [4.69, 9.17) is 9.47 Å². The first-order valence-corrected chi connectivity index (χ1v) is 7.36. The summed E-state index contributed by atoms with van der Waals surface area (Å²) in [6.07, 6.45) is 1.68. The van der Waals surface area contributed by atoms with Gasteiger partial charge >= 0.3 is 5.97 Å². The van der Waals surface area contributed by atoms with Crippen LogP contribution in [0.5, 0.6) is 0 Å². The van der Waals surface area contributed by atoms with Crippen LogP contribution in [-0.4, -0.2) is 62.9 Å². The average Bonchev–Trinajstić information content (AvgIpc) is 2.43. The number of carbonyl (C=O) groups is 1. The highest BCUT2D eigenvalue weighted by Crippen LogP contribution is 2.19. The number of ether oxygens (including phenoxy) is 2. The van der Waals surface area contributed by atoms with E-state index in [2.05, 4.69) is 38.0 Å². The van der Waals surface area contributed by atoms with Gasteiger partial charge in [0.15, 0.2) is 0 Å². The molecule has 0 saturated carbocycles. The monoisotopic (exact) mass is 288 g/mol. The summed E-state index contributed by atoms with van der Waals surface area (Å²) in [5, 5.41) is 3.32. The number of nitrogens with zero attached hydrogens (tertiary/aromatic N) is 1. The summed E-state index contributed by atoms with van der Waals surface area (Å²) in [6.45, 7) is 9.73. The maximum Gasteiger partial charge on any atom is 0.325 e. The number of methoxy groups -OCH3 is 2. The van der Waals surface area contributed by atoms with Gasteiger partial charge in [-0.2, -0.15) is 0 Å². The molecule has 0 aromatic heterocycles. The molecular formula is C15H32N2O3. The molecule has 0 aliphatic heterocycles. The second kappa shape index (κ2) is 9.32. The number of hydrogen-bond donors (Lipinski definition) is 1. The van der Waals surface area contributed by atoms with Crippen LogP contribution in [0.3, 0.4) is 0 Å². The molecule has 0 aliphatic rings. The molecule has 0 amide bonds. The lowest BCUT2D eigenvalue weighted by Crippen LogP contribution is -2.54. The molecule has 5 nitrogen and oxygen atoms in total. The quantitative estimate of drug-likeness (QED) is 0.620. The van der Waals surface area contributed by atoms with E-state index < -0.39 is 5.54 Å². The first-order chi connectivity index (χ1) is 9.32. The van der Waals surface area contributed by atoms with Crippen LogP contribution in [0.15, 0.2) is 0 Å². The summed E-state index contributed by atoms with van der Waals surface area (Å²) in [4.78, 5) is 14.3. The number of carbonyl (C=O) groups excluding carboxylic acids is 1. The Morgan fingerprint density at radius 3 is 2.35 bits per heavy atom. The number of hydrogen-bond acceptors (Lipinski definition) is 5. The summed E-state index contributed by atoms with van der Waals surface area (Å²) in [5.74, 6) is -0.203. The van der Waals surface area contributed by atoms with E-state index in [9.17, 15) is 4.79 Å². The Kier molecular flexibility index (Phi) is 9.01. The van der Waals surface area contributed by atoms with E-state index in [1.807, 2.05) is 6.92 Å². The second-order valence-electron chi connectivity index (χ2n) is 5.77. The van der Waals surface area contributed by atoms with Crippen LogP contribution >= 0.6 is 0 Å². The van der Waals surface area contributed by atoms with E-state index in [0.717, 1.165) is 13.0 Å². The topological polar surface area (TPSA) is 50.8 Å². The highest BCUT2D eigenvalue weighted by molar-refractivity contribution is 5.80. The van der Waals surface area contributed by atoms with Crippen LogP contribution in [0.4, 0.5) is 0 Å². The number of nitrogens with one attached hydrogen (secondary N) is 1. The Labute approximate surface area is 124 Å². The summed E-state index contributed by atoms with van der Waals surface area (Å²) < 4.78 is 10.1. The zero-order chi connectivity index (χ0) is 15.8. The minimum Gasteiger partial charge on any atom is -0.468 e. The van der Waals surface area contributed by atoms with Gasteiger partial charge < -0.3 is 14.8 Å². The third-order valence-corrected chi connectivity index (χ3v) is 3.90. The molecule has 0 radical (unpaired) electrons. The molecule has 0 saturated heterocycles. The van der Waals surface area contributed by atoms with E-state index in [1.165, 1.54) is 7.11 Å². The predicted molar refractivity (Wildman–Crippen MR) is 81.9 cm³/mol. The van der Waals surface area contributed by atoms with Crippen molar-refractivity contribution in [3.63, 3.8) is 0 Å². The first-order valence-electron chi connectivity index (χ1n) is 7.36. The zero-order valence-corrected chi connectivity index (χ0v) is 14.2. The fraction of sp³-hybridized carbons (Fsp3) is 0.933. The number of likely N-dealkylation sites (N-methyl/N-ethyl adjacent to an activating group) is 1. The SMILES string of the molecule is CCCNC(C)(CC(C)N(C)C(C)COC)C(=O)OC. The minimum atomic E-state index is -0.648. The van der Waals surface area contributed by atoms with Crippen molar-refractivity contribution in [3.05, 3.63) is 0 Å². The molecule has 20 heavy (non-hydrogen) atoms. The van der Waals surface area contributed by atoms with E-state index in [1.54, 1.807) is 7.11 Å². The van der Waals surface area contributed by atoms with Gasteiger partial charge in [-0.15, -0.1) is 0 Å². The fourth-order valence-electron chi connectivity index (χ4n) is 2.38. The maximum absolute atomic E-state index is 12.1. The van der Waals surface area contributed by atoms with Gasteiger partial charge in [-0.1, -0.05) is 6.92 Å². The van der Waals surface area contributed by atoms with Gasteiger partial charge in [0.05, 0.1) is 13.7 Å². The molecule has 1 N–H and O–H groups in total. The lowest BCUT2D eigenvalue weighted by molar-refractivity contribution is -0.148. The fourth-order valence-corrected chi connectivity index (χ4v) is 2.38. The molecular weight excluding hydrogens is 256 g/mol. The molecule has 0 aromatic rings. The van der Waals surface area contributed by atoms with Crippen LogP contribution < -0.4 is 5.32 Å². The first kappa shape index (κ1) is 19.4. The molecule has 120 valence electrons. The molecule has 0 fully saturated rings. The largest absolute Gasteiger partial charge is 0.468 e. The Bertz CT molecular complexity index is 286. The van der Waals surface area contributed by atoms with Crippen molar-refractivity contribution in [2.45, 2.75) is 58.2 Å². The van der Waals surface area contributed by atoms with Gasteiger partial charge in [-0.05, 0) is 47.2 Å². The van der Waals surface area contributed by atoms with Crippen molar-refractivity contribution in [2.24, 2.45) is 0 Å². The predicted octanol–water partition coefficient (Wildman–Crippen LogP) is 1.66. The second-order valence-corrected chi connectivity index (χ2v) is 5.77. The molecule has 0 heterocycles. The van der Waals surface area contributed by atoms with Gasteiger partial charge in [0, 0.05) is 19.2 Å². The van der Waals surface area contributed by atoms with E-state index >= 15 is 0 Å². The summed E-state index contributed by atoms with van der Waals surface area (Å²) in [6, 6.07) is 0.552. The van der Waals surface area contributed by atoms with Crippen molar-refractivity contribution < 1.29 is 14.3 Å². The molecule has 0 bridgehead atoms. The normalized spacial score (nSPS) is 17.6. The van der Waals surface area contributed by atoms with Crippen LogP contribution in [0, 0.1) is 0 Å². The number of rotatable bonds is 10. The smallest absolute Gasteiger partial charge is 0.325 e. The summed E-state index contributed by atoms with van der Waals surface area (Å²) in [7, 11) is 5.21. The standard InChI is InChI=1S/C15H32N2O3/c1-8-9-16-15(4,14(18)20-7)10-12(2)17(5)13(3)11-19-6/h12-13,16H,8-11H2,1-7H3. The highest BCUT2D eigenvalue weighted by atomic mass is 16.5. The van der Waals surface area contributed by atoms with Crippen LogP contribution in [-0.2, 0) is 14.3 Å². The average molecular weight is 288 g/mol. The highest BCUT2D eigenvalue weighted by Gasteiger charge is 2.36. The Hall–Kier alpha value is -0.650. The molecule has 0 spiro atoms. The van der Waals surface area contributed by atoms with Gasteiger partial charge in [0.1, 0.15) is 5.54 Å². The van der Waals surface area contributed by atoms with E-state index in [-0.39, 0.29) is 12.0 Å². The Morgan fingerprint density at radius 2 is 1.90 bits per heavy atom. The van der Waals surface area contributed by atoms with Gasteiger partial charge in [0.2, 0.25) is 0 Å². The molecule has 0 aromatic carbocycles. The minimum absolute atomic E-state index is 0.203. The third-order valence-electron chi connectivity index (χ3n) is 3.90. The molecule has 5 heteroatoms. The maximum atomic E-state index is 12.1. The molecule has 0 rings (SSSR count). The van der Waals surface area contributed by atoms with Crippen molar-refractivity contribution in [2.75, 3.05) is 34.4 Å². The lowest BCUT2D eigenvalue weighted by atomic mass is 9.92. The zero-order valence-electron chi connectivity index (χ0n) is 14.2. The van der Waals surface area contributed by atoms with Crippen molar-refractivity contribution in [1.29, 1.82) is 0 Å². The van der Waals surface area contributed by atoms with Crippen LogP contribution in [0.1, 0.15) is 40.5 Å². The van der Waals surface area contributed by atoms with Gasteiger partial charge in [-0.25, -0.2) is 0 Å². The summed E-state index contributed by atoms with van der Waals surface area (Å²) >= 11 is 0. The third kappa shape index (κ3) is 5.77.